The van der Waals surface area contributed by atoms with Crippen molar-refractivity contribution in [3.63, 3.8) is 0 Å². The second kappa shape index (κ2) is 6.77. The monoisotopic (exact) mass is 412 g/mol. The van der Waals surface area contributed by atoms with E-state index in [1.54, 1.807) is 18.3 Å². The lowest BCUT2D eigenvalue weighted by atomic mass is 9.87. The highest BCUT2D eigenvalue weighted by Crippen LogP contribution is 2.35. The second-order valence-corrected chi connectivity index (χ2v) is 7.95. The van der Waals surface area contributed by atoms with Gasteiger partial charge in [-0.1, -0.05) is 22.9 Å². The number of imidazole rings is 1. The summed E-state index contributed by atoms with van der Waals surface area (Å²) < 4.78 is 30.0. The van der Waals surface area contributed by atoms with E-state index in [1.807, 2.05) is 0 Å². The Labute approximate surface area is 161 Å². The third-order valence-corrected chi connectivity index (χ3v) is 5.77. The van der Waals surface area contributed by atoms with Crippen LogP contribution in [0.5, 0.6) is 0 Å². The largest absolute Gasteiger partial charge is 0.340 e. The van der Waals surface area contributed by atoms with E-state index >= 15 is 0 Å². The highest BCUT2D eigenvalue weighted by molar-refractivity contribution is 7.18. The number of rotatable bonds is 3. The zero-order chi connectivity index (χ0) is 19.2. The van der Waals surface area contributed by atoms with Crippen LogP contribution in [0.3, 0.4) is 0 Å². The minimum atomic E-state index is -3.05. The number of nitrogens with zero attached hydrogens (tertiary/aromatic N) is 4. The average Bonchev–Trinajstić information content (AvgIpc) is 3.21. The van der Waals surface area contributed by atoms with Gasteiger partial charge in [-0.15, -0.1) is 0 Å². The lowest BCUT2D eigenvalue weighted by Gasteiger charge is -2.36. The van der Waals surface area contributed by atoms with Crippen LogP contribution in [0, 0.1) is 0 Å². The predicted octanol–water partition coefficient (Wildman–Crippen LogP) is 2.75. The number of hydrogen-bond donors (Lipinski definition) is 2. The number of carbonyl (C=O) groups excluding carboxylic acids is 1. The lowest BCUT2D eigenvalue weighted by Crippen LogP contribution is -2.59. The van der Waals surface area contributed by atoms with Gasteiger partial charge in [0.2, 0.25) is 0 Å². The number of halogens is 3. The normalized spacial score (nSPS) is 22.1. The standard InChI is InChI=1S/C16H15ClF2N6OS/c17-13-11(9-7-21-10-4-2-6-22-25(9)10)23-15(27-13)14(26)24-12-8(20)3-1-5-16(12,18)19/h2,4,6-8,12H,1,3,5,20H2,(H,24,26). The third-order valence-electron chi connectivity index (χ3n) is 4.52. The van der Waals surface area contributed by atoms with Crippen LogP contribution in [0.1, 0.15) is 29.1 Å². The Kier molecular flexibility index (Phi) is 4.57. The SMILES string of the molecule is NC1CCCC(F)(F)C1NC(=O)c1nc(-c2cnc3cccnn23)c(Cl)s1. The molecular weight excluding hydrogens is 398 g/mol. The Balaban J connectivity index is 1.62. The Morgan fingerprint density at radius 2 is 2.30 bits per heavy atom. The number of amides is 1. The van der Waals surface area contributed by atoms with E-state index < -0.39 is 23.9 Å². The molecule has 2 unspecified atom stereocenters. The molecule has 0 saturated heterocycles. The fraction of sp³-hybridized carbons (Fsp3) is 0.375. The Hall–Kier alpha value is -2.17. The van der Waals surface area contributed by atoms with Gasteiger partial charge in [0.05, 0.1) is 6.20 Å². The van der Waals surface area contributed by atoms with Gasteiger partial charge in [-0.2, -0.15) is 5.10 Å². The molecule has 0 aromatic carbocycles. The van der Waals surface area contributed by atoms with Gasteiger partial charge in [0, 0.05) is 18.7 Å². The molecule has 1 amide bonds. The zero-order valence-corrected chi connectivity index (χ0v) is 15.5. The van der Waals surface area contributed by atoms with Gasteiger partial charge in [0.25, 0.3) is 11.8 Å². The van der Waals surface area contributed by atoms with Gasteiger partial charge >= 0.3 is 0 Å². The van der Waals surface area contributed by atoms with Crippen LogP contribution in [-0.4, -0.2) is 43.5 Å². The predicted molar refractivity (Wildman–Crippen MR) is 97.1 cm³/mol. The first kappa shape index (κ1) is 18.2. The number of alkyl halides is 2. The third kappa shape index (κ3) is 3.28. The molecule has 1 aliphatic carbocycles. The van der Waals surface area contributed by atoms with E-state index in [1.165, 1.54) is 10.7 Å². The summed E-state index contributed by atoms with van der Waals surface area (Å²) in [5, 5.41) is 6.50. The summed E-state index contributed by atoms with van der Waals surface area (Å²) >= 11 is 7.15. The van der Waals surface area contributed by atoms with Crippen LogP contribution in [0.25, 0.3) is 17.0 Å². The van der Waals surface area contributed by atoms with Crippen molar-refractivity contribution in [3.8, 4) is 11.4 Å². The molecule has 11 heteroatoms. The van der Waals surface area contributed by atoms with Crippen LogP contribution in [0.2, 0.25) is 4.34 Å². The van der Waals surface area contributed by atoms with Crippen LogP contribution in [0.15, 0.2) is 24.5 Å². The van der Waals surface area contributed by atoms with Crippen molar-refractivity contribution in [1.29, 1.82) is 0 Å². The summed E-state index contributed by atoms with van der Waals surface area (Å²) in [4.78, 5) is 20.9. The highest BCUT2D eigenvalue weighted by atomic mass is 35.5. The maximum Gasteiger partial charge on any atom is 0.280 e. The summed E-state index contributed by atoms with van der Waals surface area (Å²) in [6, 6.07) is 1.26. The van der Waals surface area contributed by atoms with Crippen LogP contribution in [-0.2, 0) is 0 Å². The number of fused-ring (bicyclic) bond motifs is 1. The maximum atomic E-state index is 14.1. The van der Waals surface area contributed by atoms with Gasteiger partial charge in [-0.3, -0.25) is 4.79 Å². The first-order valence-corrected chi connectivity index (χ1v) is 9.46. The molecule has 3 aromatic heterocycles. The smallest absolute Gasteiger partial charge is 0.280 e. The summed E-state index contributed by atoms with van der Waals surface area (Å²) in [7, 11) is 0. The van der Waals surface area contributed by atoms with Crippen molar-refractivity contribution < 1.29 is 13.6 Å². The van der Waals surface area contributed by atoms with E-state index in [0.717, 1.165) is 11.3 Å². The molecule has 1 aliphatic rings. The molecular formula is C16H15ClF2N6OS. The van der Waals surface area contributed by atoms with Crippen molar-refractivity contribution in [2.45, 2.75) is 37.3 Å². The second-order valence-electron chi connectivity index (χ2n) is 6.35. The highest BCUT2D eigenvalue weighted by Gasteiger charge is 2.46. The van der Waals surface area contributed by atoms with Gasteiger partial charge in [0.15, 0.2) is 10.7 Å². The molecule has 3 N–H and O–H groups in total. The van der Waals surface area contributed by atoms with Crippen LogP contribution in [0.4, 0.5) is 8.78 Å². The number of nitrogens with one attached hydrogen (secondary N) is 1. The van der Waals surface area contributed by atoms with Crippen LogP contribution < -0.4 is 11.1 Å². The molecule has 142 valence electrons. The molecule has 1 fully saturated rings. The average molecular weight is 413 g/mol. The van der Waals surface area contributed by atoms with E-state index in [-0.39, 0.29) is 15.8 Å². The van der Waals surface area contributed by atoms with E-state index in [9.17, 15) is 13.6 Å². The Bertz CT molecular complexity index is 1010. The van der Waals surface area contributed by atoms with Gasteiger partial charge in [-0.25, -0.2) is 23.3 Å². The molecule has 7 nitrogen and oxygen atoms in total. The summed E-state index contributed by atoms with van der Waals surface area (Å²) in [5.74, 6) is -3.78. The minimum absolute atomic E-state index is 0.0190. The summed E-state index contributed by atoms with van der Waals surface area (Å²) in [6.07, 6.45) is 3.57. The molecule has 1 saturated carbocycles. The van der Waals surface area contributed by atoms with Crippen molar-refractivity contribution in [2.75, 3.05) is 0 Å². The molecule has 27 heavy (non-hydrogen) atoms. The fourth-order valence-electron chi connectivity index (χ4n) is 3.17. The molecule has 0 radical (unpaired) electrons. The topological polar surface area (TPSA) is 98.2 Å². The van der Waals surface area contributed by atoms with E-state index in [2.05, 4.69) is 20.4 Å². The van der Waals surface area contributed by atoms with Gasteiger partial charge < -0.3 is 11.1 Å². The molecule has 0 aliphatic heterocycles. The van der Waals surface area contributed by atoms with Crippen molar-refractivity contribution in [3.05, 3.63) is 33.9 Å². The van der Waals surface area contributed by atoms with Crippen molar-refractivity contribution in [2.24, 2.45) is 5.73 Å². The number of thiazole rings is 1. The molecule has 2 atom stereocenters. The van der Waals surface area contributed by atoms with Crippen molar-refractivity contribution >= 4 is 34.5 Å². The number of aromatic nitrogens is 4. The van der Waals surface area contributed by atoms with Gasteiger partial charge in [-0.05, 0) is 25.0 Å². The molecule has 0 spiro atoms. The fourth-order valence-corrected chi connectivity index (χ4v) is 4.24. The first-order valence-electron chi connectivity index (χ1n) is 8.26. The summed E-state index contributed by atoms with van der Waals surface area (Å²) in [5.41, 5.74) is 7.21. The Morgan fingerprint density at radius 3 is 3.07 bits per heavy atom. The number of nitrogens with two attached hydrogens (primary N) is 1. The molecule has 4 rings (SSSR count). The van der Waals surface area contributed by atoms with E-state index in [4.69, 9.17) is 17.3 Å². The molecule has 3 heterocycles. The molecule has 0 bridgehead atoms. The first-order chi connectivity index (χ1) is 12.9. The van der Waals surface area contributed by atoms with Crippen molar-refractivity contribution in [1.82, 2.24) is 24.9 Å². The lowest BCUT2D eigenvalue weighted by molar-refractivity contribution is -0.0674. The summed E-state index contributed by atoms with van der Waals surface area (Å²) in [6.45, 7) is 0. The molecule has 3 aromatic rings. The van der Waals surface area contributed by atoms with Gasteiger partial charge in [0.1, 0.15) is 21.8 Å². The minimum Gasteiger partial charge on any atom is -0.340 e. The quantitative estimate of drug-likeness (QED) is 0.689. The zero-order valence-electron chi connectivity index (χ0n) is 13.9. The number of hydrogen-bond acceptors (Lipinski definition) is 6. The maximum absolute atomic E-state index is 14.1. The Morgan fingerprint density at radius 1 is 1.48 bits per heavy atom. The van der Waals surface area contributed by atoms with E-state index in [0.29, 0.717) is 29.9 Å². The van der Waals surface area contributed by atoms with Crippen LogP contribution >= 0.6 is 22.9 Å². The number of carbonyl (C=O) groups is 1.